The minimum atomic E-state index is -1.04. The molecule has 7 heteroatoms. The summed E-state index contributed by atoms with van der Waals surface area (Å²) >= 11 is 6.03. The number of hydrazone groups is 1. The smallest absolute Gasteiger partial charge is 0.335 e. The molecule has 0 saturated heterocycles. The maximum Gasteiger partial charge on any atom is 0.335 e. The number of nitriles is 1. The number of hydrogen-bond acceptors (Lipinski definition) is 5. The van der Waals surface area contributed by atoms with Crippen molar-refractivity contribution < 1.29 is 14.6 Å². The summed E-state index contributed by atoms with van der Waals surface area (Å²) in [6, 6.07) is 13.3. The monoisotopic (exact) mass is 343 g/mol. The van der Waals surface area contributed by atoms with E-state index in [4.69, 9.17) is 26.7 Å². The van der Waals surface area contributed by atoms with Crippen LogP contribution in [0, 0.1) is 11.3 Å². The first kappa shape index (κ1) is 17.3. The maximum atomic E-state index is 11.0. The molecule has 0 radical (unpaired) electrons. The number of nitrogens with zero attached hydrogens (tertiary/aromatic N) is 2. The molecule has 122 valence electrons. The lowest BCUT2D eigenvalue weighted by atomic mass is 10.1. The predicted octanol–water partition coefficient (Wildman–Crippen LogP) is 3.78. The number of carboxylic acids is 1. The summed E-state index contributed by atoms with van der Waals surface area (Å²) in [5.74, 6) is -0.443. The second kappa shape index (κ2) is 7.99. The fourth-order valence-electron chi connectivity index (χ4n) is 1.86. The van der Waals surface area contributed by atoms with E-state index in [2.05, 4.69) is 10.5 Å². The number of nitrogens with one attached hydrogen (secondary N) is 1. The van der Waals surface area contributed by atoms with Crippen LogP contribution in [0.5, 0.6) is 5.75 Å². The molecular weight excluding hydrogens is 330 g/mol. The van der Waals surface area contributed by atoms with Gasteiger partial charge in [0.15, 0.2) is 6.61 Å². The molecule has 0 aliphatic carbocycles. The van der Waals surface area contributed by atoms with Crippen molar-refractivity contribution >= 4 is 29.0 Å². The molecule has 0 heterocycles. The Hall–Kier alpha value is -3.04. The van der Waals surface area contributed by atoms with Crippen molar-refractivity contribution in [2.75, 3.05) is 12.0 Å². The van der Waals surface area contributed by atoms with Crippen LogP contribution in [0.25, 0.3) is 0 Å². The topological polar surface area (TPSA) is 94.7 Å². The number of carboxylic acid groups (broad SMARTS) is 1. The zero-order chi connectivity index (χ0) is 17.5. The fourth-order valence-corrected chi connectivity index (χ4v) is 2.02. The van der Waals surface area contributed by atoms with E-state index in [0.717, 1.165) is 5.56 Å². The van der Waals surface area contributed by atoms with Gasteiger partial charge in [0.05, 0.1) is 22.0 Å². The quantitative estimate of drug-likeness (QED) is 0.614. The van der Waals surface area contributed by atoms with Gasteiger partial charge >= 0.3 is 5.97 Å². The minimum Gasteiger partial charge on any atom is -0.479 e. The summed E-state index contributed by atoms with van der Waals surface area (Å²) in [5.41, 5.74) is 4.82. The molecule has 0 amide bonds. The van der Waals surface area contributed by atoms with Crippen LogP contribution in [-0.2, 0) is 0 Å². The number of hydrogen-bond donors (Lipinski definition) is 2. The summed E-state index contributed by atoms with van der Waals surface area (Å²) in [7, 11) is 0. The molecule has 0 unspecified atom stereocenters. The lowest BCUT2D eigenvalue weighted by Gasteiger charge is -2.07. The highest BCUT2D eigenvalue weighted by atomic mass is 35.5. The van der Waals surface area contributed by atoms with Gasteiger partial charge in [0, 0.05) is 0 Å². The third kappa shape index (κ3) is 4.48. The molecule has 0 saturated carbocycles. The molecule has 24 heavy (non-hydrogen) atoms. The fraction of sp³-hybridized carbons (Fsp3) is 0.118. The SMILES string of the molecule is C/C(=N/Nc1cc(C(=O)O)ccc1Cl)c1ccc(OCC#N)cc1. The number of anilines is 1. The van der Waals surface area contributed by atoms with Gasteiger partial charge in [0.1, 0.15) is 11.8 Å². The lowest BCUT2D eigenvalue weighted by molar-refractivity contribution is 0.0697. The van der Waals surface area contributed by atoms with Gasteiger partial charge < -0.3 is 9.84 Å². The van der Waals surface area contributed by atoms with E-state index in [-0.39, 0.29) is 12.2 Å². The van der Waals surface area contributed by atoms with Crippen LogP contribution in [0.2, 0.25) is 5.02 Å². The molecule has 6 nitrogen and oxygen atoms in total. The van der Waals surface area contributed by atoms with E-state index in [1.54, 1.807) is 19.1 Å². The zero-order valence-corrected chi connectivity index (χ0v) is 13.5. The van der Waals surface area contributed by atoms with Gasteiger partial charge in [0.2, 0.25) is 0 Å². The Kier molecular flexibility index (Phi) is 5.77. The molecular formula is C17H14ClN3O3. The molecule has 0 bridgehead atoms. The molecule has 2 N–H and O–H groups in total. The second-order valence-corrected chi connectivity index (χ2v) is 5.19. The number of ether oxygens (including phenoxy) is 1. The van der Waals surface area contributed by atoms with Crippen LogP contribution in [0.4, 0.5) is 5.69 Å². The highest BCUT2D eigenvalue weighted by Gasteiger charge is 2.07. The number of benzene rings is 2. The Balaban J connectivity index is 2.13. The van der Waals surface area contributed by atoms with Gasteiger partial charge in [-0.3, -0.25) is 5.43 Å². The van der Waals surface area contributed by atoms with E-state index < -0.39 is 5.97 Å². The highest BCUT2D eigenvalue weighted by Crippen LogP contribution is 2.23. The Labute approximate surface area is 143 Å². The Morgan fingerprint density at radius 1 is 1.29 bits per heavy atom. The van der Waals surface area contributed by atoms with E-state index in [9.17, 15) is 4.79 Å². The predicted molar refractivity (Wildman–Crippen MR) is 91.8 cm³/mol. The molecule has 0 aromatic heterocycles. The Morgan fingerprint density at radius 3 is 2.58 bits per heavy atom. The van der Waals surface area contributed by atoms with Crippen molar-refractivity contribution in [2.45, 2.75) is 6.92 Å². The molecule has 0 aliphatic heterocycles. The molecule has 2 aromatic carbocycles. The summed E-state index contributed by atoms with van der Waals surface area (Å²) < 4.78 is 5.18. The van der Waals surface area contributed by atoms with Gasteiger partial charge in [-0.2, -0.15) is 10.4 Å². The first-order valence-corrected chi connectivity index (χ1v) is 7.32. The average Bonchev–Trinajstić information content (AvgIpc) is 2.59. The van der Waals surface area contributed by atoms with E-state index in [1.165, 1.54) is 18.2 Å². The minimum absolute atomic E-state index is 0.00755. The van der Waals surface area contributed by atoms with Crippen molar-refractivity contribution in [3.63, 3.8) is 0 Å². The summed E-state index contributed by atoms with van der Waals surface area (Å²) in [4.78, 5) is 11.0. The van der Waals surface area contributed by atoms with E-state index >= 15 is 0 Å². The second-order valence-electron chi connectivity index (χ2n) is 4.78. The van der Waals surface area contributed by atoms with Crippen molar-refractivity contribution in [2.24, 2.45) is 5.10 Å². The van der Waals surface area contributed by atoms with Crippen molar-refractivity contribution in [3.8, 4) is 11.8 Å². The van der Waals surface area contributed by atoms with Crippen LogP contribution < -0.4 is 10.2 Å². The van der Waals surface area contributed by atoms with Crippen LogP contribution in [0.15, 0.2) is 47.6 Å². The lowest BCUT2D eigenvalue weighted by Crippen LogP contribution is -2.02. The van der Waals surface area contributed by atoms with Crippen LogP contribution in [-0.4, -0.2) is 23.4 Å². The van der Waals surface area contributed by atoms with Gasteiger partial charge in [0.25, 0.3) is 0 Å². The standard InChI is InChI=1S/C17H14ClN3O3/c1-11(12-2-5-14(6-3-12)24-9-8-19)20-21-16-10-13(17(22)23)4-7-15(16)18/h2-7,10,21H,9H2,1H3,(H,22,23)/b20-11-. The van der Waals surface area contributed by atoms with Gasteiger partial charge in [-0.25, -0.2) is 4.79 Å². The molecule has 2 rings (SSSR count). The van der Waals surface area contributed by atoms with Crippen molar-refractivity contribution in [1.82, 2.24) is 0 Å². The van der Waals surface area contributed by atoms with Crippen LogP contribution in [0.1, 0.15) is 22.8 Å². The zero-order valence-electron chi connectivity index (χ0n) is 12.8. The third-order valence-electron chi connectivity index (χ3n) is 3.13. The van der Waals surface area contributed by atoms with E-state index in [1.807, 2.05) is 18.2 Å². The molecule has 0 fully saturated rings. The number of aromatic carboxylic acids is 1. The van der Waals surface area contributed by atoms with Crippen molar-refractivity contribution in [3.05, 3.63) is 58.6 Å². The van der Waals surface area contributed by atoms with Gasteiger partial charge in [-0.05, 0) is 55.0 Å². The van der Waals surface area contributed by atoms with Crippen LogP contribution in [0.3, 0.4) is 0 Å². The normalized spacial score (nSPS) is 10.8. The van der Waals surface area contributed by atoms with E-state index in [0.29, 0.717) is 22.2 Å². The largest absolute Gasteiger partial charge is 0.479 e. The summed E-state index contributed by atoms with van der Waals surface area (Å²) in [6.45, 7) is 1.79. The van der Waals surface area contributed by atoms with Gasteiger partial charge in [-0.1, -0.05) is 11.6 Å². The summed E-state index contributed by atoms with van der Waals surface area (Å²) in [5, 5.41) is 22.1. The average molecular weight is 344 g/mol. The first-order chi connectivity index (χ1) is 11.5. The molecule has 0 aliphatic rings. The number of carbonyl (C=O) groups is 1. The van der Waals surface area contributed by atoms with Gasteiger partial charge in [-0.15, -0.1) is 0 Å². The van der Waals surface area contributed by atoms with Crippen LogP contribution >= 0.6 is 11.6 Å². The number of rotatable bonds is 6. The molecule has 0 spiro atoms. The Bertz CT molecular complexity index is 811. The highest BCUT2D eigenvalue weighted by molar-refractivity contribution is 6.33. The van der Waals surface area contributed by atoms with Crippen molar-refractivity contribution in [1.29, 1.82) is 5.26 Å². The molecule has 2 aromatic rings. The molecule has 0 atom stereocenters. The first-order valence-electron chi connectivity index (χ1n) is 6.94. The Morgan fingerprint density at radius 2 is 1.96 bits per heavy atom. The number of halogens is 1. The third-order valence-corrected chi connectivity index (χ3v) is 3.46. The summed E-state index contributed by atoms with van der Waals surface area (Å²) in [6.07, 6.45) is 0. The maximum absolute atomic E-state index is 11.0.